The highest BCUT2D eigenvalue weighted by molar-refractivity contribution is 7.90. The molecule has 0 saturated carbocycles. The van der Waals surface area contributed by atoms with Crippen LogP contribution in [0.1, 0.15) is 18.5 Å². The van der Waals surface area contributed by atoms with Crippen LogP contribution < -0.4 is 0 Å². The zero-order valence-corrected chi connectivity index (χ0v) is 16.6. The zero-order valence-electron chi connectivity index (χ0n) is 15.0. The Hall–Kier alpha value is -3.04. The van der Waals surface area contributed by atoms with E-state index in [1.165, 1.54) is 28.5 Å². The third-order valence-corrected chi connectivity index (χ3v) is 6.46. The van der Waals surface area contributed by atoms with Gasteiger partial charge in [0.2, 0.25) is 0 Å². The summed E-state index contributed by atoms with van der Waals surface area (Å²) in [5.74, 6) is -0.944. The number of rotatable bonds is 6. The highest BCUT2D eigenvalue weighted by Crippen LogP contribution is 2.29. The second-order valence-electron chi connectivity index (χ2n) is 6.37. The molecular formula is C19H15ClN4O4S. The topological polar surface area (TPSA) is 115 Å². The molecular weight excluding hydrogens is 416 g/mol. The number of pyridine rings is 1. The lowest BCUT2D eigenvalue weighted by Crippen LogP contribution is -2.17. The molecule has 10 heteroatoms. The lowest BCUT2D eigenvalue weighted by Gasteiger charge is -2.13. The van der Waals surface area contributed by atoms with Crippen molar-refractivity contribution in [3.8, 4) is 0 Å². The first-order chi connectivity index (χ1) is 13.9. The van der Waals surface area contributed by atoms with E-state index < -0.39 is 16.0 Å². The van der Waals surface area contributed by atoms with Crippen LogP contribution in [0.3, 0.4) is 0 Å². The Morgan fingerprint density at radius 1 is 1.10 bits per heavy atom. The average molecular weight is 431 g/mol. The molecule has 0 aliphatic rings. The third kappa shape index (κ3) is 3.54. The van der Waals surface area contributed by atoms with Crippen LogP contribution in [-0.2, 0) is 21.2 Å². The summed E-state index contributed by atoms with van der Waals surface area (Å²) in [5, 5.41) is 9.16. The van der Waals surface area contributed by atoms with Crippen LogP contribution in [0.4, 0.5) is 0 Å². The van der Waals surface area contributed by atoms with Gasteiger partial charge in [0.1, 0.15) is 15.6 Å². The summed E-state index contributed by atoms with van der Waals surface area (Å²) >= 11 is 5.97. The van der Waals surface area contributed by atoms with Gasteiger partial charge in [-0.3, -0.25) is 14.8 Å². The van der Waals surface area contributed by atoms with Crippen LogP contribution in [0.25, 0.3) is 22.1 Å². The summed E-state index contributed by atoms with van der Waals surface area (Å²) in [6, 6.07) is 9.48. The van der Waals surface area contributed by atoms with E-state index in [4.69, 9.17) is 16.7 Å². The highest BCUT2D eigenvalue weighted by atomic mass is 35.5. The monoisotopic (exact) mass is 430 g/mol. The minimum absolute atomic E-state index is 0.00929. The first-order valence-electron chi connectivity index (χ1n) is 8.72. The number of para-hydroxylation sites is 1. The maximum absolute atomic E-state index is 13.6. The van der Waals surface area contributed by atoms with E-state index in [0.717, 1.165) is 0 Å². The van der Waals surface area contributed by atoms with E-state index >= 15 is 0 Å². The number of aryl methyl sites for hydroxylation is 1. The molecule has 0 fully saturated rings. The van der Waals surface area contributed by atoms with Crippen LogP contribution in [0.5, 0.6) is 0 Å². The van der Waals surface area contributed by atoms with Crippen LogP contribution in [0.2, 0.25) is 5.15 Å². The number of hydrogen-bond donors (Lipinski definition) is 1. The number of fused-ring (bicyclic) bond motifs is 2. The van der Waals surface area contributed by atoms with Crippen molar-refractivity contribution in [2.45, 2.75) is 24.2 Å². The van der Waals surface area contributed by atoms with Gasteiger partial charge in [-0.1, -0.05) is 17.7 Å². The van der Waals surface area contributed by atoms with Crippen molar-refractivity contribution in [2.24, 2.45) is 0 Å². The molecule has 29 heavy (non-hydrogen) atoms. The van der Waals surface area contributed by atoms with Gasteiger partial charge in [-0.2, -0.15) is 0 Å². The molecule has 3 heterocycles. The fraction of sp³-hybridized carbons (Fsp3) is 0.158. The summed E-state index contributed by atoms with van der Waals surface area (Å²) in [6.07, 6.45) is 3.38. The van der Waals surface area contributed by atoms with E-state index in [0.29, 0.717) is 22.2 Å². The summed E-state index contributed by atoms with van der Waals surface area (Å²) in [7, 11) is -4.06. The van der Waals surface area contributed by atoms with Crippen molar-refractivity contribution in [3.63, 3.8) is 0 Å². The number of aromatic nitrogens is 4. The van der Waals surface area contributed by atoms with E-state index in [9.17, 15) is 13.2 Å². The molecule has 3 aromatic heterocycles. The second-order valence-corrected chi connectivity index (χ2v) is 8.51. The molecule has 8 nitrogen and oxygen atoms in total. The molecule has 0 spiro atoms. The van der Waals surface area contributed by atoms with Gasteiger partial charge in [-0.25, -0.2) is 17.4 Å². The molecule has 0 bridgehead atoms. The van der Waals surface area contributed by atoms with Crippen molar-refractivity contribution in [1.82, 2.24) is 18.9 Å². The summed E-state index contributed by atoms with van der Waals surface area (Å²) in [6.45, 7) is 0. The lowest BCUT2D eigenvalue weighted by molar-refractivity contribution is -0.137. The minimum Gasteiger partial charge on any atom is -0.481 e. The molecule has 0 saturated heterocycles. The van der Waals surface area contributed by atoms with E-state index in [1.54, 1.807) is 24.3 Å². The number of carbonyl (C=O) groups is 1. The SMILES string of the molecule is O=C(O)CCCc1cc2nc(Cl)ccc2n1S(=O)(=O)c1cccc2nccnc12. The Morgan fingerprint density at radius 2 is 1.90 bits per heavy atom. The quantitative estimate of drug-likeness (QED) is 0.466. The molecule has 0 atom stereocenters. The van der Waals surface area contributed by atoms with E-state index in [2.05, 4.69) is 15.0 Å². The molecule has 1 aromatic carbocycles. The number of carboxylic acids is 1. The van der Waals surface area contributed by atoms with Gasteiger partial charge in [0.15, 0.2) is 0 Å². The number of nitrogens with zero attached hydrogens (tertiary/aromatic N) is 4. The number of benzene rings is 1. The predicted molar refractivity (Wildman–Crippen MR) is 107 cm³/mol. The van der Waals surface area contributed by atoms with Crippen molar-refractivity contribution in [2.75, 3.05) is 0 Å². The first-order valence-corrected chi connectivity index (χ1v) is 10.5. The molecule has 0 aliphatic heterocycles. The first kappa shape index (κ1) is 19.3. The molecule has 0 radical (unpaired) electrons. The van der Waals surface area contributed by atoms with Gasteiger partial charge in [0, 0.05) is 24.5 Å². The zero-order chi connectivity index (χ0) is 20.6. The van der Waals surface area contributed by atoms with Gasteiger partial charge in [0.25, 0.3) is 10.0 Å². The number of aliphatic carboxylic acids is 1. The number of halogens is 1. The van der Waals surface area contributed by atoms with Gasteiger partial charge < -0.3 is 5.11 Å². The van der Waals surface area contributed by atoms with Crippen molar-refractivity contribution < 1.29 is 18.3 Å². The van der Waals surface area contributed by atoms with Crippen molar-refractivity contribution >= 4 is 49.7 Å². The minimum atomic E-state index is -4.06. The molecule has 0 amide bonds. The molecule has 1 N–H and O–H groups in total. The maximum Gasteiger partial charge on any atom is 0.303 e. The normalized spacial score (nSPS) is 11.9. The number of carboxylic acid groups (broad SMARTS) is 1. The molecule has 148 valence electrons. The third-order valence-electron chi connectivity index (χ3n) is 4.45. The molecule has 0 aliphatic carbocycles. The van der Waals surface area contributed by atoms with Crippen LogP contribution in [0.15, 0.2) is 53.7 Å². The lowest BCUT2D eigenvalue weighted by atomic mass is 10.2. The standard InChI is InChI=1S/C19H15ClN4O4S/c20-17-8-7-15-14(23-17)11-12(3-1-6-18(25)26)24(15)29(27,28)16-5-2-4-13-19(16)22-10-9-21-13/h2,4-5,7-11H,1,3,6H2,(H,25,26). The van der Waals surface area contributed by atoms with Crippen LogP contribution in [-0.4, -0.2) is 38.4 Å². The van der Waals surface area contributed by atoms with Crippen LogP contribution in [0, 0.1) is 0 Å². The van der Waals surface area contributed by atoms with Gasteiger partial charge in [-0.15, -0.1) is 0 Å². The maximum atomic E-state index is 13.6. The largest absolute Gasteiger partial charge is 0.481 e. The summed E-state index contributed by atoms with van der Waals surface area (Å²) in [4.78, 5) is 23.5. The Bertz CT molecular complexity index is 1350. The van der Waals surface area contributed by atoms with Gasteiger partial charge >= 0.3 is 5.97 Å². The Kier molecular flexibility index (Phi) is 4.93. The van der Waals surface area contributed by atoms with E-state index in [1.807, 2.05) is 0 Å². The predicted octanol–water partition coefficient (Wildman–Crippen LogP) is 3.28. The average Bonchev–Trinajstić information content (AvgIpc) is 3.05. The number of hydrogen-bond acceptors (Lipinski definition) is 6. The second kappa shape index (κ2) is 7.41. The molecule has 0 unspecified atom stereocenters. The molecule has 4 rings (SSSR count). The van der Waals surface area contributed by atoms with Crippen molar-refractivity contribution in [1.29, 1.82) is 0 Å². The van der Waals surface area contributed by atoms with Crippen LogP contribution >= 0.6 is 11.6 Å². The summed E-state index contributed by atoms with van der Waals surface area (Å²) < 4.78 is 28.5. The highest BCUT2D eigenvalue weighted by Gasteiger charge is 2.26. The Morgan fingerprint density at radius 3 is 2.69 bits per heavy atom. The molecule has 4 aromatic rings. The van der Waals surface area contributed by atoms with E-state index in [-0.39, 0.29) is 34.8 Å². The Balaban J connectivity index is 1.94. The fourth-order valence-electron chi connectivity index (χ4n) is 3.24. The fourth-order valence-corrected chi connectivity index (χ4v) is 5.11. The summed E-state index contributed by atoms with van der Waals surface area (Å²) in [5.41, 5.74) is 1.92. The Labute approximate surface area is 170 Å². The van der Waals surface area contributed by atoms with Gasteiger partial charge in [0.05, 0.1) is 16.6 Å². The van der Waals surface area contributed by atoms with Crippen molar-refractivity contribution in [3.05, 3.63) is 59.6 Å². The van der Waals surface area contributed by atoms with Gasteiger partial charge in [-0.05, 0) is 43.2 Å². The smallest absolute Gasteiger partial charge is 0.303 e.